The summed E-state index contributed by atoms with van der Waals surface area (Å²) < 4.78 is 1.96. The van der Waals surface area contributed by atoms with Crippen molar-refractivity contribution < 1.29 is 9.59 Å². The molecule has 0 spiro atoms. The Kier molecular flexibility index (Phi) is 6.36. The van der Waals surface area contributed by atoms with Gasteiger partial charge in [-0.25, -0.2) is 4.98 Å². The Morgan fingerprint density at radius 3 is 2.68 bits per heavy atom. The minimum atomic E-state index is -0.0420. The van der Waals surface area contributed by atoms with Crippen LogP contribution in [-0.4, -0.2) is 75.4 Å². The molecule has 1 N–H and O–H groups in total. The number of aromatic nitrogens is 2. The molecule has 1 aromatic rings. The summed E-state index contributed by atoms with van der Waals surface area (Å²) in [4.78, 5) is 33.1. The number of amides is 2. The van der Waals surface area contributed by atoms with E-state index in [1.165, 1.54) is 18.2 Å². The number of piperazine rings is 1. The summed E-state index contributed by atoms with van der Waals surface area (Å²) >= 11 is 1.43. The molecule has 3 rings (SSSR count). The largest absolute Gasteiger partial charge is 0.342 e. The van der Waals surface area contributed by atoms with Gasteiger partial charge < -0.3 is 19.7 Å². The van der Waals surface area contributed by atoms with Gasteiger partial charge in [-0.1, -0.05) is 0 Å². The van der Waals surface area contributed by atoms with Crippen LogP contribution < -0.4 is 5.32 Å². The number of imidazole rings is 1. The Hall–Kier alpha value is -1.54. The van der Waals surface area contributed by atoms with Gasteiger partial charge >= 0.3 is 0 Å². The monoisotopic (exact) mass is 365 g/mol. The summed E-state index contributed by atoms with van der Waals surface area (Å²) in [7, 11) is 1.95. The Morgan fingerprint density at radius 1 is 1.20 bits per heavy atom. The molecular formula is C17H27N5O2S. The summed E-state index contributed by atoms with van der Waals surface area (Å²) in [6.45, 7) is 3.92. The number of thioether (sulfide) groups is 1. The number of likely N-dealkylation sites (tertiary alicyclic amines) is 1. The van der Waals surface area contributed by atoms with Gasteiger partial charge in [0.2, 0.25) is 11.8 Å². The number of carbonyl (C=O) groups is 2. The van der Waals surface area contributed by atoms with Crippen LogP contribution in [0.1, 0.15) is 31.1 Å². The van der Waals surface area contributed by atoms with Crippen molar-refractivity contribution >= 4 is 23.6 Å². The molecule has 1 unspecified atom stereocenters. The first-order chi connectivity index (χ1) is 12.2. The van der Waals surface area contributed by atoms with Crippen molar-refractivity contribution in [1.82, 2.24) is 24.7 Å². The zero-order valence-corrected chi connectivity index (χ0v) is 15.6. The molecule has 2 aliphatic rings. The minimum absolute atomic E-state index is 0.0420. The van der Waals surface area contributed by atoms with Crippen LogP contribution in [-0.2, 0) is 16.6 Å². The molecule has 2 aliphatic heterocycles. The lowest BCUT2D eigenvalue weighted by Gasteiger charge is -2.35. The number of hydrogen-bond acceptors (Lipinski definition) is 5. The Morgan fingerprint density at radius 2 is 1.96 bits per heavy atom. The molecule has 2 amide bonds. The van der Waals surface area contributed by atoms with Crippen molar-refractivity contribution in [2.75, 3.05) is 44.2 Å². The SMILES string of the molecule is Cn1ccnc1C1CNCCN1C(=O)CSCC(=O)N1CCCCC1. The van der Waals surface area contributed by atoms with E-state index in [2.05, 4.69) is 10.3 Å². The second-order valence-corrected chi connectivity index (χ2v) is 7.62. The maximum absolute atomic E-state index is 12.7. The van der Waals surface area contributed by atoms with Crippen molar-refractivity contribution in [3.8, 4) is 0 Å². The topological polar surface area (TPSA) is 70.5 Å². The van der Waals surface area contributed by atoms with Crippen LogP contribution in [0.4, 0.5) is 0 Å². The van der Waals surface area contributed by atoms with Gasteiger partial charge in [0.25, 0.3) is 0 Å². The van der Waals surface area contributed by atoms with Gasteiger partial charge in [0.05, 0.1) is 11.5 Å². The smallest absolute Gasteiger partial charge is 0.233 e. The fourth-order valence-corrected chi connectivity index (χ4v) is 4.27. The molecule has 0 radical (unpaired) electrons. The van der Waals surface area contributed by atoms with E-state index < -0.39 is 0 Å². The highest BCUT2D eigenvalue weighted by Gasteiger charge is 2.30. The molecule has 7 nitrogen and oxygen atoms in total. The maximum Gasteiger partial charge on any atom is 0.233 e. The number of piperidine rings is 1. The van der Waals surface area contributed by atoms with Crippen molar-refractivity contribution in [2.45, 2.75) is 25.3 Å². The van der Waals surface area contributed by atoms with Gasteiger partial charge in [-0.05, 0) is 19.3 Å². The lowest BCUT2D eigenvalue weighted by Crippen LogP contribution is -2.50. The Balaban J connectivity index is 1.51. The van der Waals surface area contributed by atoms with E-state index in [0.717, 1.165) is 38.3 Å². The van der Waals surface area contributed by atoms with Crippen LogP contribution >= 0.6 is 11.8 Å². The summed E-state index contributed by atoms with van der Waals surface area (Å²) in [5.41, 5.74) is 0. The number of carbonyl (C=O) groups excluding carboxylic acids is 2. The zero-order chi connectivity index (χ0) is 17.6. The summed E-state index contributed by atoms with van der Waals surface area (Å²) in [5.74, 6) is 1.89. The van der Waals surface area contributed by atoms with Crippen molar-refractivity contribution in [3.63, 3.8) is 0 Å². The molecule has 8 heteroatoms. The lowest BCUT2D eigenvalue weighted by molar-refractivity contribution is -0.131. The summed E-state index contributed by atoms with van der Waals surface area (Å²) in [6, 6.07) is -0.0420. The molecule has 0 aliphatic carbocycles. The summed E-state index contributed by atoms with van der Waals surface area (Å²) in [5, 5.41) is 3.34. The van der Waals surface area contributed by atoms with Gasteiger partial charge in [-0.2, -0.15) is 0 Å². The average Bonchev–Trinajstić information content (AvgIpc) is 3.08. The molecule has 3 heterocycles. The predicted molar refractivity (Wildman–Crippen MR) is 98.3 cm³/mol. The average molecular weight is 366 g/mol. The number of hydrogen-bond donors (Lipinski definition) is 1. The second kappa shape index (κ2) is 8.71. The van der Waals surface area contributed by atoms with E-state index in [9.17, 15) is 9.59 Å². The maximum atomic E-state index is 12.7. The van der Waals surface area contributed by atoms with Gasteiger partial charge in [-0.15, -0.1) is 11.8 Å². The predicted octanol–water partition coefficient (Wildman–Crippen LogP) is 0.639. The van der Waals surface area contributed by atoms with Crippen LogP contribution in [0, 0.1) is 0 Å². The first kappa shape index (κ1) is 18.3. The third-order valence-electron chi connectivity index (χ3n) is 4.88. The van der Waals surface area contributed by atoms with Crippen molar-refractivity contribution in [2.24, 2.45) is 7.05 Å². The van der Waals surface area contributed by atoms with E-state index in [4.69, 9.17) is 0 Å². The van der Waals surface area contributed by atoms with Crippen LogP contribution in [0.3, 0.4) is 0 Å². The molecule has 25 heavy (non-hydrogen) atoms. The van der Waals surface area contributed by atoms with E-state index in [-0.39, 0.29) is 17.9 Å². The van der Waals surface area contributed by atoms with Crippen LogP contribution in [0.5, 0.6) is 0 Å². The molecule has 138 valence electrons. The molecule has 2 saturated heterocycles. The van der Waals surface area contributed by atoms with Crippen molar-refractivity contribution in [3.05, 3.63) is 18.2 Å². The van der Waals surface area contributed by atoms with E-state index in [1.54, 1.807) is 6.20 Å². The van der Waals surface area contributed by atoms with Gasteiger partial charge in [0, 0.05) is 52.2 Å². The molecular weight excluding hydrogens is 338 g/mol. The fraction of sp³-hybridized carbons (Fsp3) is 0.706. The van der Waals surface area contributed by atoms with Crippen LogP contribution in [0.2, 0.25) is 0 Å². The lowest BCUT2D eigenvalue weighted by atomic mass is 10.1. The number of aryl methyl sites for hydroxylation is 1. The Bertz CT molecular complexity index is 600. The standard InChI is InChI=1S/C17H27N5O2S/c1-20-9-6-19-17(20)14-11-18-5-10-22(14)16(24)13-25-12-15(23)21-7-3-2-4-8-21/h6,9,14,18H,2-5,7-8,10-13H2,1H3. The Labute approximate surface area is 153 Å². The van der Waals surface area contributed by atoms with Gasteiger partial charge in [0.1, 0.15) is 11.9 Å². The highest BCUT2D eigenvalue weighted by Crippen LogP contribution is 2.21. The molecule has 0 aromatic carbocycles. The number of nitrogens with zero attached hydrogens (tertiary/aromatic N) is 4. The van der Waals surface area contributed by atoms with Gasteiger partial charge in [0.15, 0.2) is 0 Å². The highest BCUT2D eigenvalue weighted by atomic mass is 32.2. The third kappa shape index (κ3) is 4.55. The first-order valence-corrected chi connectivity index (χ1v) is 10.1. The quantitative estimate of drug-likeness (QED) is 0.829. The molecule has 2 fully saturated rings. The third-order valence-corrected chi connectivity index (χ3v) is 5.78. The number of rotatable bonds is 5. The van der Waals surface area contributed by atoms with Gasteiger partial charge in [-0.3, -0.25) is 9.59 Å². The second-order valence-electron chi connectivity index (χ2n) is 6.64. The summed E-state index contributed by atoms with van der Waals surface area (Å²) in [6.07, 6.45) is 7.08. The first-order valence-electron chi connectivity index (χ1n) is 8.99. The van der Waals surface area contributed by atoms with E-state index in [1.807, 2.05) is 27.6 Å². The molecule has 0 saturated carbocycles. The van der Waals surface area contributed by atoms with Crippen LogP contribution in [0.25, 0.3) is 0 Å². The molecule has 0 bridgehead atoms. The number of nitrogens with one attached hydrogen (secondary N) is 1. The zero-order valence-electron chi connectivity index (χ0n) is 14.8. The van der Waals surface area contributed by atoms with Crippen LogP contribution in [0.15, 0.2) is 12.4 Å². The highest BCUT2D eigenvalue weighted by molar-refractivity contribution is 8.00. The molecule has 1 atom stereocenters. The fourth-order valence-electron chi connectivity index (χ4n) is 3.47. The van der Waals surface area contributed by atoms with Crippen molar-refractivity contribution in [1.29, 1.82) is 0 Å². The van der Waals surface area contributed by atoms with E-state index in [0.29, 0.717) is 24.6 Å². The minimum Gasteiger partial charge on any atom is -0.342 e. The van der Waals surface area contributed by atoms with E-state index >= 15 is 0 Å². The molecule has 1 aromatic heterocycles. The normalized spacial score (nSPS) is 21.4.